The number of para-hydroxylation sites is 2. The van der Waals surface area contributed by atoms with Crippen LogP contribution in [0.4, 0.5) is 5.69 Å². The number of anilines is 1. The molecule has 0 unspecified atom stereocenters. The van der Waals surface area contributed by atoms with Gasteiger partial charge in [0, 0.05) is 23.4 Å². The van der Waals surface area contributed by atoms with Crippen LogP contribution in [0.25, 0.3) is 17.2 Å². The van der Waals surface area contributed by atoms with E-state index in [0.29, 0.717) is 22.4 Å². The molecular formula is C21H16N2O5. The van der Waals surface area contributed by atoms with Crippen molar-refractivity contribution in [3.63, 3.8) is 0 Å². The molecule has 1 aromatic heterocycles. The van der Waals surface area contributed by atoms with Crippen LogP contribution < -0.4 is 5.32 Å². The first-order chi connectivity index (χ1) is 13.5. The monoisotopic (exact) mass is 376 g/mol. The zero-order valence-corrected chi connectivity index (χ0v) is 15.0. The predicted molar refractivity (Wildman–Crippen MR) is 102 cm³/mol. The maximum atomic E-state index is 12.3. The normalized spacial score (nSPS) is 15.6. The number of carbonyl (C=O) groups excluding carboxylic acids is 3. The molecule has 0 bridgehead atoms. The quantitative estimate of drug-likeness (QED) is 0.417. The number of ketones is 1. The van der Waals surface area contributed by atoms with Gasteiger partial charge in [-0.15, -0.1) is 0 Å². The van der Waals surface area contributed by atoms with Gasteiger partial charge >= 0.3 is 5.97 Å². The second-order valence-electron chi connectivity index (χ2n) is 6.40. The first-order valence-electron chi connectivity index (χ1n) is 8.69. The molecule has 1 aliphatic heterocycles. The summed E-state index contributed by atoms with van der Waals surface area (Å²) in [6.07, 6.45) is 2.55. The number of hydrogen-bond acceptors (Lipinski definition) is 6. The minimum absolute atomic E-state index is 0.102. The average Bonchev–Trinajstić information content (AvgIpc) is 3.24. The molecule has 28 heavy (non-hydrogen) atoms. The van der Waals surface area contributed by atoms with Gasteiger partial charge in [0.15, 0.2) is 18.0 Å². The number of nitrogens with zero attached hydrogens (tertiary/aromatic N) is 1. The Morgan fingerprint density at radius 2 is 2.07 bits per heavy atom. The van der Waals surface area contributed by atoms with Gasteiger partial charge < -0.3 is 14.5 Å². The lowest BCUT2D eigenvalue weighted by Crippen LogP contribution is -2.13. The highest BCUT2D eigenvalue weighted by Crippen LogP contribution is 2.32. The first-order valence-corrected chi connectivity index (χ1v) is 8.69. The maximum Gasteiger partial charge on any atom is 0.331 e. The standard InChI is InChI=1S/C21H16N2O5/c1-12-14-10-13(6-7-15(14)23-21(12)26)17(24)11-27-20(25)9-8-19-22-16-4-2-3-5-18(16)28-19/h2-10,12H,11H2,1H3,(H,23,26)/b9-8+/t12-/m0/s1. The van der Waals surface area contributed by atoms with Crippen molar-refractivity contribution in [1.82, 2.24) is 4.98 Å². The number of fused-ring (bicyclic) bond motifs is 2. The average molecular weight is 376 g/mol. The third-order valence-electron chi connectivity index (χ3n) is 4.51. The Hall–Kier alpha value is -3.74. The minimum Gasteiger partial charge on any atom is -0.454 e. The Bertz CT molecular complexity index is 1100. The van der Waals surface area contributed by atoms with Crippen LogP contribution in [-0.2, 0) is 14.3 Å². The number of hydrogen-bond donors (Lipinski definition) is 1. The van der Waals surface area contributed by atoms with Crippen LogP contribution in [0.15, 0.2) is 53.0 Å². The lowest BCUT2D eigenvalue weighted by Gasteiger charge is -2.05. The van der Waals surface area contributed by atoms with Crippen molar-refractivity contribution < 1.29 is 23.5 Å². The summed E-state index contributed by atoms with van der Waals surface area (Å²) < 4.78 is 10.5. The molecule has 2 aromatic carbocycles. The molecule has 0 aliphatic carbocycles. The van der Waals surface area contributed by atoms with Gasteiger partial charge in [0.1, 0.15) is 5.52 Å². The number of oxazole rings is 1. The van der Waals surface area contributed by atoms with Gasteiger partial charge in [-0.1, -0.05) is 12.1 Å². The summed E-state index contributed by atoms with van der Waals surface area (Å²) in [6, 6.07) is 12.2. The molecule has 1 N–H and O–H groups in total. The van der Waals surface area contributed by atoms with Gasteiger partial charge in [-0.3, -0.25) is 9.59 Å². The van der Waals surface area contributed by atoms with Crippen molar-refractivity contribution in [3.05, 3.63) is 65.6 Å². The van der Waals surface area contributed by atoms with Crippen molar-refractivity contribution in [1.29, 1.82) is 0 Å². The molecule has 1 atom stereocenters. The summed E-state index contributed by atoms with van der Waals surface area (Å²) in [5.41, 5.74) is 3.15. The van der Waals surface area contributed by atoms with Crippen LogP contribution in [0, 0.1) is 0 Å². The Balaban J connectivity index is 1.37. The van der Waals surface area contributed by atoms with E-state index < -0.39 is 12.6 Å². The summed E-state index contributed by atoms with van der Waals surface area (Å²) in [5, 5.41) is 2.75. The molecule has 0 saturated heterocycles. The van der Waals surface area contributed by atoms with Gasteiger partial charge in [-0.2, -0.15) is 0 Å². The Morgan fingerprint density at radius 3 is 2.89 bits per heavy atom. The van der Waals surface area contributed by atoms with E-state index >= 15 is 0 Å². The lowest BCUT2D eigenvalue weighted by molar-refractivity contribution is -0.136. The second-order valence-corrected chi connectivity index (χ2v) is 6.40. The van der Waals surface area contributed by atoms with Crippen LogP contribution >= 0.6 is 0 Å². The third-order valence-corrected chi connectivity index (χ3v) is 4.51. The lowest BCUT2D eigenvalue weighted by atomic mass is 9.99. The number of nitrogens with one attached hydrogen (secondary N) is 1. The molecule has 0 spiro atoms. The molecule has 0 saturated carbocycles. The van der Waals surface area contributed by atoms with Crippen molar-refractivity contribution >= 4 is 40.5 Å². The molecule has 7 nitrogen and oxygen atoms in total. The summed E-state index contributed by atoms with van der Waals surface area (Å²) in [4.78, 5) is 40.1. The van der Waals surface area contributed by atoms with Crippen molar-refractivity contribution in [3.8, 4) is 0 Å². The molecule has 2 heterocycles. The highest BCUT2D eigenvalue weighted by Gasteiger charge is 2.27. The molecule has 3 aromatic rings. The molecular weight excluding hydrogens is 360 g/mol. The van der Waals surface area contributed by atoms with Gasteiger partial charge in [-0.25, -0.2) is 9.78 Å². The molecule has 1 aliphatic rings. The van der Waals surface area contributed by atoms with Crippen LogP contribution in [0.3, 0.4) is 0 Å². The maximum absolute atomic E-state index is 12.3. The molecule has 7 heteroatoms. The SMILES string of the molecule is C[C@@H]1C(=O)Nc2ccc(C(=O)COC(=O)/C=C/c3nc4ccccc4o3)cc21. The summed E-state index contributed by atoms with van der Waals surface area (Å²) >= 11 is 0. The van der Waals surface area contributed by atoms with Crippen LogP contribution in [0.1, 0.15) is 34.7 Å². The van der Waals surface area contributed by atoms with Crippen LogP contribution in [0.2, 0.25) is 0 Å². The van der Waals surface area contributed by atoms with E-state index in [1.54, 1.807) is 37.3 Å². The number of Topliss-reactive ketones (excluding diaryl/α,β-unsaturated/α-hetero) is 1. The topological polar surface area (TPSA) is 98.5 Å². The van der Waals surface area contributed by atoms with Crippen molar-refractivity contribution in [2.75, 3.05) is 11.9 Å². The Labute approximate surface area is 160 Å². The Kier molecular flexibility index (Phi) is 4.49. The number of rotatable bonds is 5. The van der Waals surface area contributed by atoms with E-state index in [9.17, 15) is 14.4 Å². The number of ether oxygens (including phenoxy) is 1. The fraction of sp³-hybridized carbons (Fsp3) is 0.143. The van der Waals surface area contributed by atoms with E-state index in [1.807, 2.05) is 12.1 Å². The zero-order chi connectivity index (χ0) is 19.7. The third kappa shape index (κ3) is 3.42. The molecule has 4 rings (SSSR count). The van der Waals surface area contributed by atoms with E-state index in [1.165, 1.54) is 6.08 Å². The first kappa shape index (κ1) is 17.7. The van der Waals surface area contributed by atoms with Crippen LogP contribution in [0.5, 0.6) is 0 Å². The van der Waals surface area contributed by atoms with E-state index in [0.717, 1.165) is 11.6 Å². The second kappa shape index (κ2) is 7.11. The fourth-order valence-electron chi connectivity index (χ4n) is 2.96. The van der Waals surface area contributed by atoms with Gasteiger partial charge in [0.2, 0.25) is 11.8 Å². The van der Waals surface area contributed by atoms with E-state index in [4.69, 9.17) is 9.15 Å². The van der Waals surface area contributed by atoms with E-state index in [2.05, 4.69) is 10.3 Å². The number of esters is 1. The Morgan fingerprint density at radius 1 is 1.25 bits per heavy atom. The number of aromatic nitrogens is 1. The molecule has 140 valence electrons. The summed E-state index contributed by atoms with van der Waals surface area (Å²) in [7, 11) is 0. The summed E-state index contributed by atoms with van der Waals surface area (Å²) in [5.74, 6) is -1.17. The fourth-order valence-corrected chi connectivity index (χ4v) is 2.96. The molecule has 0 radical (unpaired) electrons. The summed E-state index contributed by atoms with van der Waals surface area (Å²) in [6.45, 7) is 1.37. The van der Waals surface area contributed by atoms with E-state index in [-0.39, 0.29) is 23.5 Å². The molecule has 1 amide bonds. The van der Waals surface area contributed by atoms with Gasteiger partial charge in [0.25, 0.3) is 0 Å². The van der Waals surface area contributed by atoms with Crippen molar-refractivity contribution in [2.45, 2.75) is 12.8 Å². The minimum atomic E-state index is -0.679. The van der Waals surface area contributed by atoms with Gasteiger partial charge in [0.05, 0.1) is 5.92 Å². The highest BCUT2D eigenvalue weighted by molar-refractivity contribution is 6.05. The number of benzene rings is 2. The largest absolute Gasteiger partial charge is 0.454 e. The van der Waals surface area contributed by atoms with Crippen molar-refractivity contribution in [2.24, 2.45) is 0 Å². The highest BCUT2D eigenvalue weighted by atomic mass is 16.5. The van der Waals surface area contributed by atoms with Gasteiger partial charge in [-0.05, 0) is 42.8 Å². The number of amides is 1. The zero-order valence-electron chi connectivity index (χ0n) is 15.0. The predicted octanol–water partition coefficient (Wildman–Crippen LogP) is 3.32. The smallest absolute Gasteiger partial charge is 0.331 e. The number of carbonyl (C=O) groups is 3. The molecule has 0 fully saturated rings. The van der Waals surface area contributed by atoms with Crippen LogP contribution in [-0.4, -0.2) is 29.3 Å².